The number of methoxy groups -OCH3 is 1. The Labute approximate surface area is 112 Å². The fourth-order valence-corrected chi connectivity index (χ4v) is 2.63. The number of rotatable bonds is 3. The molecule has 1 saturated heterocycles. The van der Waals surface area contributed by atoms with Crippen LogP contribution in [0, 0.1) is 0 Å². The molecule has 1 aromatic heterocycles. The lowest BCUT2D eigenvalue weighted by molar-refractivity contribution is 0.00824. The van der Waals surface area contributed by atoms with Gasteiger partial charge in [-0.25, -0.2) is 4.98 Å². The third kappa shape index (κ3) is 1.92. The number of benzene rings is 1. The van der Waals surface area contributed by atoms with E-state index in [0.717, 1.165) is 28.8 Å². The number of pyridine rings is 1. The lowest BCUT2D eigenvalue weighted by Gasteiger charge is -2.47. The molecule has 2 heterocycles. The molecular weight excluding hydrogens is 240 g/mol. The third-order valence-corrected chi connectivity index (χ3v) is 3.89. The van der Waals surface area contributed by atoms with Gasteiger partial charge in [0.2, 0.25) is 0 Å². The molecule has 19 heavy (non-hydrogen) atoms. The highest BCUT2D eigenvalue weighted by molar-refractivity contribution is 5.96. The molecule has 1 aliphatic rings. The van der Waals surface area contributed by atoms with E-state index in [1.54, 1.807) is 13.3 Å². The van der Waals surface area contributed by atoms with Crippen LogP contribution in [0.2, 0.25) is 0 Å². The molecule has 4 heteroatoms. The maximum absolute atomic E-state index is 10.1. The number of ether oxygens (including phenoxy) is 1. The molecule has 0 radical (unpaired) electrons. The minimum atomic E-state index is -0.553. The lowest BCUT2D eigenvalue weighted by atomic mass is 9.91. The van der Waals surface area contributed by atoms with E-state index in [1.165, 1.54) is 0 Å². The van der Waals surface area contributed by atoms with Crippen LogP contribution >= 0.6 is 0 Å². The Morgan fingerprint density at radius 3 is 2.79 bits per heavy atom. The number of hydrogen-bond donors (Lipinski definition) is 1. The average molecular weight is 258 g/mol. The smallest absolute Gasteiger partial charge is 0.136 e. The molecule has 0 atom stereocenters. The summed E-state index contributed by atoms with van der Waals surface area (Å²) in [5.74, 6) is 1.78. The van der Waals surface area contributed by atoms with Crippen LogP contribution in [-0.4, -0.2) is 35.9 Å². The van der Waals surface area contributed by atoms with E-state index in [-0.39, 0.29) is 0 Å². The second-order valence-corrected chi connectivity index (χ2v) is 5.12. The summed E-state index contributed by atoms with van der Waals surface area (Å²) in [7, 11) is 1.67. The molecule has 1 aliphatic heterocycles. The molecule has 100 valence electrons. The topological polar surface area (TPSA) is 45.6 Å². The van der Waals surface area contributed by atoms with E-state index in [2.05, 4.69) is 9.88 Å². The molecule has 2 aromatic rings. The van der Waals surface area contributed by atoms with Crippen LogP contribution in [0.1, 0.15) is 13.3 Å². The zero-order valence-electron chi connectivity index (χ0n) is 11.3. The van der Waals surface area contributed by atoms with Gasteiger partial charge in [-0.15, -0.1) is 0 Å². The van der Waals surface area contributed by atoms with Gasteiger partial charge in [-0.2, -0.15) is 0 Å². The van der Waals surface area contributed by atoms with Crippen molar-refractivity contribution in [3.05, 3.63) is 30.5 Å². The van der Waals surface area contributed by atoms with E-state index >= 15 is 0 Å². The Hall–Kier alpha value is -1.81. The highest BCUT2D eigenvalue weighted by atomic mass is 16.5. The van der Waals surface area contributed by atoms with E-state index < -0.39 is 5.60 Å². The van der Waals surface area contributed by atoms with Crippen LogP contribution in [0.25, 0.3) is 10.8 Å². The van der Waals surface area contributed by atoms with Gasteiger partial charge in [0.1, 0.15) is 11.6 Å². The molecule has 1 fully saturated rings. The highest BCUT2D eigenvalue weighted by Crippen LogP contribution is 2.35. The van der Waals surface area contributed by atoms with Crippen LogP contribution in [0.3, 0.4) is 0 Å². The zero-order valence-corrected chi connectivity index (χ0v) is 11.3. The third-order valence-electron chi connectivity index (χ3n) is 3.89. The van der Waals surface area contributed by atoms with Crippen molar-refractivity contribution in [2.24, 2.45) is 0 Å². The lowest BCUT2D eigenvalue weighted by Crippen LogP contribution is -2.61. The normalized spacial score (nSPS) is 17.3. The van der Waals surface area contributed by atoms with Crippen molar-refractivity contribution in [1.82, 2.24) is 4.98 Å². The van der Waals surface area contributed by atoms with Gasteiger partial charge >= 0.3 is 0 Å². The summed E-state index contributed by atoms with van der Waals surface area (Å²) in [5, 5.41) is 12.3. The zero-order chi connectivity index (χ0) is 13.5. The predicted octanol–water partition coefficient (Wildman–Crippen LogP) is 2.20. The molecule has 1 aromatic carbocycles. The van der Waals surface area contributed by atoms with E-state index in [1.807, 2.05) is 31.2 Å². The number of β-amino-alcohol motifs (C(OH)–C–C–N with tert-alkyl or cyclic N) is 1. The number of anilines is 1. The molecule has 0 spiro atoms. The van der Waals surface area contributed by atoms with Gasteiger partial charge in [0.25, 0.3) is 0 Å². The fourth-order valence-electron chi connectivity index (χ4n) is 2.63. The van der Waals surface area contributed by atoms with E-state index in [0.29, 0.717) is 13.1 Å². The van der Waals surface area contributed by atoms with Gasteiger partial charge in [-0.05, 0) is 18.6 Å². The second-order valence-electron chi connectivity index (χ2n) is 5.12. The molecule has 0 aliphatic carbocycles. The Kier molecular flexibility index (Phi) is 2.82. The van der Waals surface area contributed by atoms with Crippen LogP contribution in [0.15, 0.2) is 30.5 Å². The van der Waals surface area contributed by atoms with Crippen molar-refractivity contribution in [2.75, 3.05) is 25.1 Å². The Balaban J connectivity index is 2.02. The van der Waals surface area contributed by atoms with Gasteiger partial charge in [-0.1, -0.05) is 19.1 Å². The van der Waals surface area contributed by atoms with Crippen LogP contribution in [0.5, 0.6) is 5.75 Å². The molecule has 1 N–H and O–H groups in total. The number of hydrogen-bond acceptors (Lipinski definition) is 4. The summed E-state index contributed by atoms with van der Waals surface area (Å²) < 4.78 is 5.38. The first-order valence-corrected chi connectivity index (χ1v) is 6.56. The summed E-state index contributed by atoms with van der Waals surface area (Å²) in [6, 6.07) is 7.93. The molecule has 0 saturated carbocycles. The fraction of sp³-hybridized carbons (Fsp3) is 0.400. The van der Waals surface area contributed by atoms with Crippen LogP contribution in [0.4, 0.5) is 5.82 Å². The Morgan fingerprint density at radius 2 is 2.11 bits per heavy atom. The first kappa shape index (κ1) is 12.2. The van der Waals surface area contributed by atoms with Gasteiger partial charge in [-0.3, -0.25) is 0 Å². The van der Waals surface area contributed by atoms with Crippen molar-refractivity contribution >= 4 is 16.6 Å². The van der Waals surface area contributed by atoms with Crippen molar-refractivity contribution in [3.8, 4) is 5.75 Å². The number of nitrogens with zero attached hydrogens (tertiary/aromatic N) is 2. The number of aromatic nitrogens is 1. The van der Waals surface area contributed by atoms with Gasteiger partial charge in [0.15, 0.2) is 0 Å². The quantitative estimate of drug-likeness (QED) is 0.916. The minimum Gasteiger partial charge on any atom is -0.496 e. The summed E-state index contributed by atoms with van der Waals surface area (Å²) in [6.45, 7) is 3.30. The number of fused-ring (bicyclic) bond motifs is 1. The van der Waals surface area contributed by atoms with Crippen molar-refractivity contribution < 1.29 is 9.84 Å². The summed E-state index contributed by atoms with van der Waals surface area (Å²) in [4.78, 5) is 6.58. The predicted molar refractivity (Wildman–Crippen MR) is 75.7 cm³/mol. The molecule has 0 unspecified atom stereocenters. The van der Waals surface area contributed by atoms with Crippen molar-refractivity contribution in [1.29, 1.82) is 0 Å². The molecule has 4 nitrogen and oxygen atoms in total. The van der Waals surface area contributed by atoms with Crippen LogP contribution < -0.4 is 9.64 Å². The summed E-state index contributed by atoms with van der Waals surface area (Å²) in [6.07, 6.45) is 2.57. The van der Waals surface area contributed by atoms with Crippen LogP contribution in [-0.2, 0) is 0 Å². The maximum atomic E-state index is 10.1. The maximum Gasteiger partial charge on any atom is 0.136 e. The van der Waals surface area contributed by atoms with Crippen molar-refractivity contribution in [2.45, 2.75) is 18.9 Å². The summed E-state index contributed by atoms with van der Waals surface area (Å²) in [5.41, 5.74) is -0.553. The molecule has 3 rings (SSSR count). The van der Waals surface area contributed by atoms with Gasteiger partial charge in [0, 0.05) is 30.1 Å². The average Bonchev–Trinajstić information content (AvgIpc) is 2.42. The first-order chi connectivity index (χ1) is 9.17. The van der Waals surface area contributed by atoms with Gasteiger partial charge < -0.3 is 14.7 Å². The Morgan fingerprint density at radius 1 is 1.32 bits per heavy atom. The molecule has 0 amide bonds. The first-order valence-electron chi connectivity index (χ1n) is 6.56. The second kappa shape index (κ2) is 4.38. The Bertz CT molecular complexity index is 606. The SMILES string of the molecule is CCC1(O)CN(c2nccc3c(OC)cccc23)C1. The van der Waals surface area contributed by atoms with E-state index in [9.17, 15) is 5.11 Å². The summed E-state index contributed by atoms with van der Waals surface area (Å²) >= 11 is 0. The monoisotopic (exact) mass is 258 g/mol. The highest BCUT2D eigenvalue weighted by Gasteiger charge is 2.40. The van der Waals surface area contributed by atoms with Crippen molar-refractivity contribution in [3.63, 3.8) is 0 Å². The largest absolute Gasteiger partial charge is 0.496 e. The standard InChI is InChI=1S/C15H18N2O2/c1-3-15(18)9-17(10-15)14-12-5-4-6-13(19-2)11(12)7-8-16-14/h4-8,18H,3,9-10H2,1-2H3. The van der Waals surface area contributed by atoms with Gasteiger partial charge in [0.05, 0.1) is 12.7 Å². The van der Waals surface area contributed by atoms with E-state index in [4.69, 9.17) is 4.74 Å². The molecule has 0 bridgehead atoms. The molecular formula is C15H18N2O2. The minimum absolute atomic E-state index is 0.553. The number of aliphatic hydroxyl groups is 1.